The largest absolute Gasteiger partial charge is 0.504 e. The molecule has 0 aliphatic carbocycles. The number of carbonyl (C=O) groups excluding carboxylic acids is 2. The van der Waals surface area contributed by atoms with Gasteiger partial charge in [-0.15, -0.1) is 0 Å². The van der Waals surface area contributed by atoms with Gasteiger partial charge in [0.25, 0.3) is 0 Å². The van der Waals surface area contributed by atoms with E-state index in [1.54, 1.807) is 54.6 Å². The highest BCUT2D eigenvalue weighted by atomic mass is 16.6. The van der Waals surface area contributed by atoms with Crippen LogP contribution in [0.5, 0.6) is 11.5 Å². The lowest BCUT2D eigenvalue weighted by Gasteiger charge is -2.25. The van der Waals surface area contributed by atoms with Gasteiger partial charge in [0.15, 0.2) is 11.5 Å². The number of hydrogen-bond donors (Lipinski definition) is 4. The van der Waals surface area contributed by atoms with Gasteiger partial charge >= 0.3 is 6.09 Å². The number of hydrogen-bond acceptors (Lipinski definition) is 6. The molecule has 8 nitrogen and oxygen atoms in total. The molecule has 0 aromatic heterocycles. The molecule has 2 atom stereocenters. The molecule has 0 radical (unpaired) electrons. The van der Waals surface area contributed by atoms with Crippen molar-refractivity contribution in [3.05, 3.63) is 90.5 Å². The van der Waals surface area contributed by atoms with Crippen LogP contribution in [-0.2, 0) is 9.53 Å². The molecule has 0 heterocycles. The third-order valence-electron chi connectivity index (χ3n) is 5.58. The number of phenolic OH excluding ortho intramolecular Hbond substituents is 1. The molecule has 0 saturated heterocycles. The Morgan fingerprint density at radius 1 is 1.03 bits per heavy atom. The second-order valence-corrected chi connectivity index (χ2v) is 8.28. The molecule has 0 bridgehead atoms. The van der Waals surface area contributed by atoms with Gasteiger partial charge < -0.3 is 25.6 Å². The Hall–Kier alpha value is -4.46. The Kier molecular flexibility index (Phi) is 9.33. The lowest BCUT2D eigenvalue weighted by Crippen LogP contribution is -2.22. The smallest absolute Gasteiger partial charge is 0.412 e. The molecule has 3 rings (SSSR count). The average Bonchev–Trinajstić information content (AvgIpc) is 2.87. The summed E-state index contributed by atoms with van der Waals surface area (Å²) in [6.07, 6.45) is 3.16. The van der Waals surface area contributed by atoms with Crippen molar-refractivity contribution in [2.24, 2.45) is 5.92 Å². The van der Waals surface area contributed by atoms with Crippen molar-refractivity contribution in [3.63, 3.8) is 0 Å². The van der Waals surface area contributed by atoms with Gasteiger partial charge in [-0.2, -0.15) is 0 Å². The van der Waals surface area contributed by atoms with Crippen LogP contribution in [0.3, 0.4) is 0 Å². The van der Waals surface area contributed by atoms with E-state index in [0.29, 0.717) is 41.2 Å². The minimum Gasteiger partial charge on any atom is -0.504 e. The number of phenols is 1. The number of carbonyl (C=O) groups is 2. The van der Waals surface area contributed by atoms with Gasteiger partial charge in [-0.25, -0.2) is 4.79 Å². The molecule has 0 aliphatic rings. The number of aromatic hydroxyl groups is 1. The summed E-state index contributed by atoms with van der Waals surface area (Å²) >= 11 is 0. The summed E-state index contributed by atoms with van der Waals surface area (Å²) in [5.41, 5.74) is 8.14. The van der Waals surface area contributed by atoms with Gasteiger partial charge in [0.2, 0.25) is 5.91 Å². The first-order chi connectivity index (χ1) is 17.4. The van der Waals surface area contributed by atoms with E-state index in [4.69, 9.17) is 15.2 Å². The van der Waals surface area contributed by atoms with Gasteiger partial charge in [0, 0.05) is 5.69 Å². The molecule has 0 saturated carbocycles. The van der Waals surface area contributed by atoms with Crippen LogP contribution in [0.1, 0.15) is 31.4 Å². The topological polar surface area (TPSA) is 123 Å². The first kappa shape index (κ1) is 26.2. The minimum atomic E-state index is -0.642. The predicted molar refractivity (Wildman–Crippen MR) is 141 cm³/mol. The number of methoxy groups -OCH3 is 1. The zero-order valence-electron chi connectivity index (χ0n) is 20.3. The van der Waals surface area contributed by atoms with E-state index in [0.717, 1.165) is 0 Å². The van der Waals surface area contributed by atoms with E-state index >= 15 is 0 Å². The number of ether oxygens (including phenoxy) is 2. The molecular weight excluding hydrogens is 458 g/mol. The Balaban J connectivity index is 1.65. The number of nitrogen functional groups attached to an aromatic ring is 1. The van der Waals surface area contributed by atoms with Gasteiger partial charge in [0.1, 0.15) is 6.10 Å². The number of para-hydroxylation sites is 3. The molecule has 5 N–H and O–H groups in total. The Morgan fingerprint density at radius 3 is 2.44 bits per heavy atom. The fraction of sp³-hybridized carbons (Fsp3) is 0.214. The fourth-order valence-electron chi connectivity index (χ4n) is 3.67. The van der Waals surface area contributed by atoms with Crippen LogP contribution < -0.4 is 21.1 Å². The molecule has 3 aromatic carbocycles. The Bertz CT molecular complexity index is 1200. The van der Waals surface area contributed by atoms with Crippen LogP contribution in [0.2, 0.25) is 0 Å². The van der Waals surface area contributed by atoms with Gasteiger partial charge in [-0.05, 0) is 66.8 Å². The van der Waals surface area contributed by atoms with E-state index in [-0.39, 0.29) is 17.6 Å². The summed E-state index contributed by atoms with van der Waals surface area (Å²) in [4.78, 5) is 24.8. The van der Waals surface area contributed by atoms with Crippen LogP contribution in [0, 0.1) is 5.92 Å². The second-order valence-electron chi connectivity index (χ2n) is 8.28. The van der Waals surface area contributed by atoms with Crippen molar-refractivity contribution in [2.45, 2.75) is 25.9 Å². The molecular formula is C28H31N3O5. The van der Waals surface area contributed by atoms with Crippen LogP contribution in [0.4, 0.5) is 21.9 Å². The predicted octanol–water partition coefficient (Wildman–Crippen LogP) is 5.88. The monoisotopic (exact) mass is 489 g/mol. The molecule has 0 unspecified atom stereocenters. The highest BCUT2D eigenvalue weighted by molar-refractivity contribution is 6.01. The lowest BCUT2D eigenvalue weighted by atomic mass is 9.92. The maximum atomic E-state index is 12.6. The van der Waals surface area contributed by atoms with Crippen molar-refractivity contribution < 1.29 is 24.2 Å². The SMILES string of the molecule is COc1ccc([C@H](OC(=O)Nc2ccccc2)[C@@H](C)CC/C=C/C(=O)Nc2ccccc2N)cc1O. The maximum Gasteiger partial charge on any atom is 0.412 e. The average molecular weight is 490 g/mol. The molecule has 188 valence electrons. The number of nitrogens with two attached hydrogens (primary N) is 1. The maximum absolute atomic E-state index is 12.6. The van der Waals surface area contributed by atoms with Gasteiger partial charge in [-0.1, -0.05) is 49.4 Å². The Morgan fingerprint density at radius 2 is 1.75 bits per heavy atom. The van der Waals surface area contributed by atoms with Crippen molar-refractivity contribution in [1.82, 2.24) is 0 Å². The molecule has 0 fully saturated rings. The molecule has 8 heteroatoms. The first-order valence-electron chi connectivity index (χ1n) is 11.6. The van der Waals surface area contributed by atoms with Crippen molar-refractivity contribution in [1.29, 1.82) is 0 Å². The summed E-state index contributed by atoms with van der Waals surface area (Å²) in [6, 6.07) is 20.9. The van der Waals surface area contributed by atoms with Gasteiger partial charge in [0.05, 0.1) is 18.5 Å². The third kappa shape index (κ3) is 7.53. The van der Waals surface area contributed by atoms with Crippen LogP contribution in [-0.4, -0.2) is 24.2 Å². The van der Waals surface area contributed by atoms with E-state index in [1.807, 2.05) is 25.1 Å². The highest BCUT2D eigenvalue weighted by Gasteiger charge is 2.24. The third-order valence-corrected chi connectivity index (χ3v) is 5.58. The van der Waals surface area contributed by atoms with Crippen molar-refractivity contribution >= 4 is 29.1 Å². The lowest BCUT2D eigenvalue weighted by molar-refractivity contribution is -0.111. The summed E-state index contributed by atoms with van der Waals surface area (Å²) in [6.45, 7) is 1.94. The Labute approximate surface area is 210 Å². The summed E-state index contributed by atoms with van der Waals surface area (Å²) in [5, 5.41) is 15.7. The summed E-state index contributed by atoms with van der Waals surface area (Å²) in [7, 11) is 1.47. The fourth-order valence-corrected chi connectivity index (χ4v) is 3.67. The zero-order valence-corrected chi connectivity index (χ0v) is 20.3. The van der Waals surface area contributed by atoms with Crippen molar-refractivity contribution in [3.8, 4) is 11.5 Å². The van der Waals surface area contributed by atoms with E-state index < -0.39 is 12.2 Å². The number of benzene rings is 3. The molecule has 36 heavy (non-hydrogen) atoms. The van der Waals surface area contributed by atoms with E-state index in [1.165, 1.54) is 19.3 Å². The molecule has 0 spiro atoms. The highest BCUT2D eigenvalue weighted by Crippen LogP contribution is 2.35. The summed E-state index contributed by atoms with van der Waals surface area (Å²) < 4.78 is 10.9. The quantitative estimate of drug-likeness (QED) is 0.208. The first-order valence-corrected chi connectivity index (χ1v) is 11.6. The normalized spacial score (nSPS) is 12.5. The van der Waals surface area contributed by atoms with Crippen LogP contribution in [0.15, 0.2) is 84.9 Å². The summed E-state index contributed by atoms with van der Waals surface area (Å²) in [5.74, 6) is -0.129. The zero-order chi connectivity index (χ0) is 25.9. The van der Waals surface area contributed by atoms with Gasteiger partial charge in [-0.3, -0.25) is 10.1 Å². The van der Waals surface area contributed by atoms with E-state index in [2.05, 4.69) is 10.6 Å². The van der Waals surface area contributed by atoms with Crippen LogP contribution >= 0.6 is 0 Å². The molecule has 2 amide bonds. The second kappa shape index (κ2) is 12.9. The number of allylic oxidation sites excluding steroid dienone is 1. The minimum absolute atomic E-state index is 0.0454. The number of amides is 2. The van der Waals surface area contributed by atoms with Crippen LogP contribution in [0.25, 0.3) is 0 Å². The van der Waals surface area contributed by atoms with E-state index in [9.17, 15) is 14.7 Å². The standard InChI is InChI=1S/C28H31N3O5/c1-19(10-6-9-15-26(33)31-23-14-8-7-13-22(23)29)27(20-16-17-25(35-2)24(32)18-20)36-28(34)30-21-11-4-3-5-12-21/h3-5,7-9,11-19,27,32H,6,10,29H2,1-2H3,(H,30,34)(H,31,33)/b15-9+/t19-,27+/m0/s1. The van der Waals surface area contributed by atoms with Crippen molar-refractivity contribution in [2.75, 3.05) is 23.5 Å². The number of anilines is 3. The molecule has 3 aromatic rings. The number of rotatable bonds is 10. The number of nitrogens with one attached hydrogen (secondary N) is 2. The molecule has 0 aliphatic heterocycles.